The fraction of sp³-hybridized carbons (Fsp3) is 0.625. The van der Waals surface area contributed by atoms with E-state index in [1.165, 1.54) is 0 Å². The molecule has 1 aliphatic rings. The number of nitrogens with two attached hydrogens (primary N) is 2. The van der Waals surface area contributed by atoms with Crippen LogP contribution in [0.5, 0.6) is 0 Å². The van der Waals surface area contributed by atoms with Crippen LogP contribution in [0.4, 0.5) is 0 Å². The van der Waals surface area contributed by atoms with Crippen LogP contribution in [-0.2, 0) is 9.59 Å². The maximum absolute atomic E-state index is 12.6. The number of carboxylic acids is 1. The van der Waals surface area contributed by atoms with E-state index in [4.69, 9.17) is 11.5 Å². The van der Waals surface area contributed by atoms with Gasteiger partial charge in [-0.15, -0.1) is 0 Å². The summed E-state index contributed by atoms with van der Waals surface area (Å²) in [7, 11) is 1.59. The van der Waals surface area contributed by atoms with Gasteiger partial charge in [-0.25, -0.2) is 0 Å². The van der Waals surface area contributed by atoms with E-state index in [-0.39, 0.29) is 24.3 Å². The van der Waals surface area contributed by atoms with E-state index >= 15 is 0 Å². The Morgan fingerprint density at radius 1 is 1.32 bits per heavy atom. The fourth-order valence-electron chi connectivity index (χ4n) is 2.79. The molecule has 22 heavy (non-hydrogen) atoms. The Hall–Kier alpha value is -1.50. The number of Topliss-reactive ketones (excluding diaryl/α,β-unsaturated/α-hetero) is 1. The topological polar surface area (TPSA) is 118 Å². The number of rotatable bonds is 8. The highest BCUT2D eigenvalue weighted by Gasteiger charge is 2.44. The van der Waals surface area contributed by atoms with Gasteiger partial charge >= 0.3 is 5.97 Å². The first kappa shape index (κ1) is 18.5. The molecule has 0 amide bonds. The van der Waals surface area contributed by atoms with Gasteiger partial charge in [-0.05, 0) is 31.7 Å². The molecule has 124 valence electrons. The third kappa shape index (κ3) is 4.03. The van der Waals surface area contributed by atoms with Crippen molar-refractivity contribution in [3.63, 3.8) is 0 Å². The molecule has 0 spiro atoms. The Morgan fingerprint density at radius 3 is 2.27 bits per heavy atom. The van der Waals surface area contributed by atoms with E-state index < -0.39 is 23.3 Å². The standard InChI is InChI=1S/C16H27N3O3/c1-4-13(15(21)22)14(20)16(18,19-3)10(2)9-11-5-7-12(17)8-6-11/h5-8,10-13,19H,4,9,17-18H2,1-3H3,(H,21,22)/t10?,11?,12?,13?,16-/m0/s1. The van der Waals surface area contributed by atoms with E-state index in [0.29, 0.717) is 6.42 Å². The minimum absolute atomic E-state index is 0.0726. The van der Waals surface area contributed by atoms with Crippen LogP contribution < -0.4 is 16.8 Å². The quantitative estimate of drug-likeness (QED) is 0.297. The number of hydrogen-bond donors (Lipinski definition) is 4. The Labute approximate surface area is 131 Å². The van der Waals surface area contributed by atoms with Crippen LogP contribution in [0.3, 0.4) is 0 Å². The normalized spacial score (nSPS) is 26.2. The molecule has 0 saturated heterocycles. The number of nitrogens with one attached hydrogen (secondary N) is 1. The van der Waals surface area contributed by atoms with Crippen LogP contribution in [0.2, 0.25) is 0 Å². The monoisotopic (exact) mass is 309 g/mol. The number of hydrogen-bond acceptors (Lipinski definition) is 5. The lowest BCUT2D eigenvalue weighted by Gasteiger charge is -2.36. The first-order valence-corrected chi connectivity index (χ1v) is 7.63. The second-order valence-electron chi connectivity index (χ2n) is 5.93. The molecule has 0 radical (unpaired) electrons. The fourth-order valence-corrected chi connectivity index (χ4v) is 2.79. The van der Waals surface area contributed by atoms with Crippen molar-refractivity contribution in [1.29, 1.82) is 0 Å². The number of carbonyl (C=O) groups excluding carboxylic acids is 1. The van der Waals surface area contributed by atoms with Gasteiger partial charge < -0.3 is 16.6 Å². The molecular formula is C16H27N3O3. The van der Waals surface area contributed by atoms with E-state index in [9.17, 15) is 14.7 Å². The van der Waals surface area contributed by atoms with Gasteiger partial charge in [-0.2, -0.15) is 0 Å². The first-order valence-electron chi connectivity index (χ1n) is 7.63. The van der Waals surface area contributed by atoms with Gasteiger partial charge in [0.2, 0.25) is 0 Å². The van der Waals surface area contributed by atoms with Gasteiger partial charge in [0, 0.05) is 6.04 Å². The van der Waals surface area contributed by atoms with Crippen molar-refractivity contribution < 1.29 is 14.7 Å². The zero-order valence-corrected chi connectivity index (χ0v) is 13.5. The third-order valence-corrected chi connectivity index (χ3v) is 4.41. The zero-order valence-electron chi connectivity index (χ0n) is 13.5. The number of aliphatic carboxylic acids is 1. The average molecular weight is 309 g/mol. The van der Waals surface area contributed by atoms with Crippen LogP contribution in [0.15, 0.2) is 24.3 Å². The van der Waals surface area contributed by atoms with Crippen LogP contribution in [0.25, 0.3) is 0 Å². The van der Waals surface area contributed by atoms with Crippen molar-refractivity contribution >= 4 is 11.8 Å². The summed E-state index contributed by atoms with van der Waals surface area (Å²) >= 11 is 0. The molecule has 0 fully saturated rings. The molecule has 6 N–H and O–H groups in total. The Bertz CT molecular complexity index is 461. The van der Waals surface area contributed by atoms with Crippen molar-refractivity contribution in [2.45, 2.75) is 38.4 Å². The highest BCUT2D eigenvalue weighted by Crippen LogP contribution is 2.27. The van der Waals surface area contributed by atoms with Crippen LogP contribution in [-0.4, -0.2) is 35.6 Å². The summed E-state index contributed by atoms with van der Waals surface area (Å²) in [5, 5.41) is 12.0. The highest BCUT2D eigenvalue weighted by molar-refractivity contribution is 6.03. The first-order chi connectivity index (χ1) is 10.3. The van der Waals surface area contributed by atoms with Gasteiger partial charge in [0.1, 0.15) is 11.6 Å². The number of carbonyl (C=O) groups is 2. The molecule has 0 aliphatic heterocycles. The molecule has 6 heteroatoms. The zero-order chi connectivity index (χ0) is 16.9. The predicted octanol–water partition coefficient (Wildman–Crippen LogP) is 0.636. The predicted molar refractivity (Wildman–Crippen MR) is 85.9 cm³/mol. The molecule has 3 atom stereocenters. The lowest BCUT2D eigenvalue weighted by Crippen LogP contribution is -2.65. The van der Waals surface area contributed by atoms with E-state index in [1.807, 2.05) is 31.2 Å². The molecular weight excluding hydrogens is 282 g/mol. The number of likely N-dealkylation sites (N-methyl/N-ethyl adjacent to an activating group) is 1. The summed E-state index contributed by atoms with van der Waals surface area (Å²) in [6.07, 6.45) is 8.66. The average Bonchev–Trinajstić information content (AvgIpc) is 2.48. The van der Waals surface area contributed by atoms with Gasteiger partial charge in [0.15, 0.2) is 5.78 Å². The summed E-state index contributed by atoms with van der Waals surface area (Å²) in [6.45, 7) is 3.53. The minimum Gasteiger partial charge on any atom is -0.481 e. The molecule has 6 nitrogen and oxygen atoms in total. The van der Waals surface area contributed by atoms with Crippen LogP contribution in [0, 0.1) is 17.8 Å². The van der Waals surface area contributed by atoms with Gasteiger partial charge in [0.25, 0.3) is 0 Å². The number of allylic oxidation sites excluding steroid dienone is 2. The third-order valence-electron chi connectivity index (χ3n) is 4.41. The Kier molecular flexibility index (Phi) is 6.47. The summed E-state index contributed by atoms with van der Waals surface area (Å²) in [5.74, 6) is -2.78. The number of ketones is 1. The molecule has 0 bridgehead atoms. The summed E-state index contributed by atoms with van der Waals surface area (Å²) in [5.41, 5.74) is 10.6. The molecule has 0 aromatic carbocycles. The van der Waals surface area contributed by atoms with Crippen molar-refractivity contribution in [3.8, 4) is 0 Å². The van der Waals surface area contributed by atoms with Gasteiger partial charge in [-0.1, -0.05) is 38.2 Å². The second kappa shape index (κ2) is 7.67. The van der Waals surface area contributed by atoms with Crippen molar-refractivity contribution in [1.82, 2.24) is 5.32 Å². The second-order valence-corrected chi connectivity index (χ2v) is 5.93. The summed E-state index contributed by atoms with van der Waals surface area (Å²) in [4.78, 5) is 23.8. The molecule has 1 rings (SSSR count). The lowest BCUT2D eigenvalue weighted by atomic mass is 9.78. The molecule has 0 aromatic rings. The molecule has 0 heterocycles. The van der Waals surface area contributed by atoms with Crippen LogP contribution >= 0.6 is 0 Å². The molecule has 2 unspecified atom stereocenters. The Morgan fingerprint density at radius 2 is 1.86 bits per heavy atom. The lowest BCUT2D eigenvalue weighted by molar-refractivity contribution is -0.149. The smallest absolute Gasteiger partial charge is 0.314 e. The minimum atomic E-state index is -1.36. The Balaban J connectivity index is 2.87. The van der Waals surface area contributed by atoms with Crippen LogP contribution in [0.1, 0.15) is 26.7 Å². The van der Waals surface area contributed by atoms with E-state index in [0.717, 1.165) is 0 Å². The maximum atomic E-state index is 12.6. The SMILES string of the molecule is CCC(C(=O)O)C(=O)[C@@](N)(NC)C(C)CC1C=CC(N)C=C1. The van der Waals surface area contributed by atoms with Crippen molar-refractivity contribution in [3.05, 3.63) is 24.3 Å². The summed E-state index contributed by atoms with van der Waals surface area (Å²) in [6, 6.07) is -0.0726. The van der Waals surface area contributed by atoms with Crippen molar-refractivity contribution in [2.75, 3.05) is 7.05 Å². The largest absolute Gasteiger partial charge is 0.481 e. The van der Waals surface area contributed by atoms with Crippen molar-refractivity contribution in [2.24, 2.45) is 29.2 Å². The van der Waals surface area contributed by atoms with Gasteiger partial charge in [-0.3, -0.25) is 14.9 Å². The number of carboxylic acid groups (broad SMARTS) is 1. The van der Waals surface area contributed by atoms with E-state index in [1.54, 1.807) is 14.0 Å². The maximum Gasteiger partial charge on any atom is 0.314 e. The van der Waals surface area contributed by atoms with E-state index in [2.05, 4.69) is 5.32 Å². The van der Waals surface area contributed by atoms with Gasteiger partial charge in [0.05, 0.1) is 0 Å². The summed E-state index contributed by atoms with van der Waals surface area (Å²) < 4.78 is 0. The molecule has 0 saturated carbocycles. The highest BCUT2D eigenvalue weighted by atomic mass is 16.4. The molecule has 0 aromatic heterocycles. The molecule has 1 aliphatic carbocycles.